The topological polar surface area (TPSA) is 43.3 Å². The molecule has 3 aromatic rings. The Balaban J connectivity index is 1.48. The summed E-state index contributed by atoms with van der Waals surface area (Å²) in [4.78, 5) is 12.1. The minimum absolute atomic E-state index is 0.0719. The Morgan fingerprint density at radius 1 is 1.08 bits per heavy atom. The molecule has 0 unspecified atom stereocenters. The molecule has 0 aliphatic heterocycles. The first-order valence-corrected chi connectivity index (χ1v) is 8.20. The van der Waals surface area contributed by atoms with Crippen molar-refractivity contribution in [3.05, 3.63) is 66.4 Å². The van der Waals surface area contributed by atoms with Gasteiger partial charge in [-0.25, -0.2) is 0 Å². The molecule has 2 aromatic carbocycles. The maximum absolute atomic E-state index is 12.1. The van der Waals surface area contributed by atoms with E-state index >= 15 is 0 Å². The number of methoxy groups -OCH3 is 1. The zero-order valence-electron chi connectivity index (χ0n) is 13.9. The van der Waals surface area contributed by atoms with Crippen molar-refractivity contribution in [2.45, 2.75) is 19.4 Å². The van der Waals surface area contributed by atoms with Gasteiger partial charge in [-0.3, -0.25) is 4.79 Å². The van der Waals surface area contributed by atoms with Gasteiger partial charge in [0.1, 0.15) is 5.75 Å². The van der Waals surface area contributed by atoms with Crippen molar-refractivity contribution in [3.63, 3.8) is 0 Å². The van der Waals surface area contributed by atoms with E-state index in [9.17, 15) is 4.79 Å². The fraction of sp³-hybridized carbons (Fsp3) is 0.250. The van der Waals surface area contributed by atoms with Gasteiger partial charge in [-0.1, -0.05) is 36.4 Å². The van der Waals surface area contributed by atoms with E-state index < -0.39 is 0 Å². The van der Waals surface area contributed by atoms with Crippen LogP contribution in [0.3, 0.4) is 0 Å². The summed E-state index contributed by atoms with van der Waals surface area (Å²) in [6, 6.07) is 18.2. The monoisotopic (exact) mass is 322 g/mol. The van der Waals surface area contributed by atoms with Crippen LogP contribution in [0.5, 0.6) is 5.75 Å². The van der Waals surface area contributed by atoms with Crippen molar-refractivity contribution in [3.8, 4) is 5.75 Å². The molecular formula is C20H22N2O2. The van der Waals surface area contributed by atoms with Gasteiger partial charge >= 0.3 is 0 Å². The standard InChI is InChI=1S/C20H22N2O2/c1-24-19-9-5-3-7-17(19)10-13-21-20(23)12-15-22-14-11-16-6-2-4-8-18(16)22/h2-9,11,14H,10,12-13,15H2,1H3,(H,21,23). The molecule has 0 fully saturated rings. The van der Waals surface area contributed by atoms with E-state index in [2.05, 4.69) is 28.1 Å². The molecule has 1 N–H and O–H groups in total. The second kappa shape index (κ2) is 7.68. The third-order valence-electron chi connectivity index (χ3n) is 4.17. The molecule has 0 bridgehead atoms. The highest BCUT2D eigenvalue weighted by Crippen LogP contribution is 2.17. The molecule has 24 heavy (non-hydrogen) atoms. The lowest BCUT2D eigenvalue weighted by Gasteiger charge is -2.09. The van der Waals surface area contributed by atoms with E-state index in [1.807, 2.05) is 42.6 Å². The first kappa shape index (κ1) is 16.1. The van der Waals surface area contributed by atoms with Gasteiger partial charge < -0.3 is 14.6 Å². The predicted molar refractivity (Wildman–Crippen MR) is 96.3 cm³/mol. The van der Waals surface area contributed by atoms with Crippen LogP contribution in [0.15, 0.2) is 60.8 Å². The third kappa shape index (κ3) is 3.77. The number of amides is 1. The maximum atomic E-state index is 12.1. The summed E-state index contributed by atoms with van der Waals surface area (Å²) >= 11 is 0. The molecule has 0 atom stereocenters. The molecule has 0 aliphatic rings. The SMILES string of the molecule is COc1ccccc1CCNC(=O)CCn1ccc2ccccc21. The van der Waals surface area contributed by atoms with Gasteiger partial charge in [0.2, 0.25) is 5.91 Å². The highest BCUT2D eigenvalue weighted by atomic mass is 16.5. The number of benzene rings is 2. The van der Waals surface area contributed by atoms with Gasteiger partial charge in [0, 0.05) is 31.2 Å². The number of hydrogen-bond acceptors (Lipinski definition) is 2. The van der Waals surface area contributed by atoms with Crippen molar-refractivity contribution < 1.29 is 9.53 Å². The zero-order valence-corrected chi connectivity index (χ0v) is 13.9. The molecule has 1 heterocycles. The molecular weight excluding hydrogens is 300 g/mol. The van der Waals surface area contributed by atoms with E-state index in [-0.39, 0.29) is 5.91 Å². The number of fused-ring (bicyclic) bond motifs is 1. The summed E-state index contributed by atoms with van der Waals surface area (Å²) in [6.07, 6.45) is 3.28. The summed E-state index contributed by atoms with van der Waals surface area (Å²) in [5.74, 6) is 0.938. The van der Waals surface area contributed by atoms with Crippen molar-refractivity contribution in [1.29, 1.82) is 0 Å². The Bertz CT molecular complexity index is 823. The van der Waals surface area contributed by atoms with E-state index in [0.717, 1.165) is 17.7 Å². The summed E-state index contributed by atoms with van der Waals surface area (Å²) < 4.78 is 7.44. The molecule has 3 rings (SSSR count). The Morgan fingerprint density at radius 2 is 1.88 bits per heavy atom. The number of ether oxygens (including phenoxy) is 1. The maximum Gasteiger partial charge on any atom is 0.221 e. The van der Waals surface area contributed by atoms with Crippen molar-refractivity contribution in [2.75, 3.05) is 13.7 Å². The molecule has 1 amide bonds. The molecule has 4 heteroatoms. The summed E-state index contributed by atoms with van der Waals surface area (Å²) in [5, 5.41) is 4.19. The number of para-hydroxylation sites is 2. The van der Waals surface area contributed by atoms with Crippen LogP contribution in [-0.4, -0.2) is 24.1 Å². The summed E-state index contributed by atoms with van der Waals surface area (Å²) in [6.45, 7) is 1.31. The fourth-order valence-electron chi connectivity index (χ4n) is 2.89. The normalized spacial score (nSPS) is 10.7. The lowest BCUT2D eigenvalue weighted by Crippen LogP contribution is -2.26. The van der Waals surface area contributed by atoms with E-state index in [1.165, 1.54) is 10.9 Å². The number of carbonyl (C=O) groups is 1. The largest absolute Gasteiger partial charge is 0.496 e. The first-order chi connectivity index (χ1) is 11.8. The minimum atomic E-state index is 0.0719. The van der Waals surface area contributed by atoms with Crippen LogP contribution >= 0.6 is 0 Å². The number of aryl methyl sites for hydroxylation is 1. The first-order valence-electron chi connectivity index (χ1n) is 8.20. The van der Waals surface area contributed by atoms with Crippen molar-refractivity contribution in [1.82, 2.24) is 9.88 Å². The van der Waals surface area contributed by atoms with Crippen molar-refractivity contribution >= 4 is 16.8 Å². The van der Waals surface area contributed by atoms with Crippen LogP contribution in [0.1, 0.15) is 12.0 Å². The average molecular weight is 322 g/mol. The molecule has 0 saturated carbocycles. The van der Waals surface area contributed by atoms with Gasteiger partial charge in [0.25, 0.3) is 0 Å². The van der Waals surface area contributed by atoms with E-state index in [1.54, 1.807) is 7.11 Å². The van der Waals surface area contributed by atoms with Gasteiger partial charge in [0.05, 0.1) is 7.11 Å². The van der Waals surface area contributed by atoms with Gasteiger partial charge in [-0.05, 0) is 35.6 Å². The van der Waals surface area contributed by atoms with Crippen LogP contribution in [0, 0.1) is 0 Å². The number of rotatable bonds is 7. The Hall–Kier alpha value is -2.75. The Morgan fingerprint density at radius 3 is 2.75 bits per heavy atom. The third-order valence-corrected chi connectivity index (χ3v) is 4.17. The second-order valence-electron chi connectivity index (χ2n) is 5.73. The molecule has 0 spiro atoms. The molecule has 0 aliphatic carbocycles. The number of aromatic nitrogens is 1. The molecule has 0 radical (unpaired) electrons. The molecule has 0 saturated heterocycles. The van der Waals surface area contributed by atoms with Gasteiger partial charge in [-0.2, -0.15) is 0 Å². The zero-order chi connectivity index (χ0) is 16.8. The lowest BCUT2D eigenvalue weighted by atomic mass is 10.1. The Labute approximate surface area is 142 Å². The quantitative estimate of drug-likeness (QED) is 0.724. The van der Waals surface area contributed by atoms with Crippen LogP contribution in [0.25, 0.3) is 10.9 Å². The van der Waals surface area contributed by atoms with Crippen LogP contribution < -0.4 is 10.1 Å². The molecule has 124 valence electrons. The van der Waals surface area contributed by atoms with Crippen LogP contribution in [-0.2, 0) is 17.8 Å². The van der Waals surface area contributed by atoms with E-state index in [4.69, 9.17) is 4.74 Å². The predicted octanol–water partition coefficient (Wildman–Crippen LogP) is 3.40. The number of nitrogens with one attached hydrogen (secondary N) is 1. The van der Waals surface area contributed by atoms with Gasteiger partial charge in [-0.15, -0.1) is 0 Å². The highest BCUT2D eigenvalue weighted by Gasteiger charge is 2.06. The minimum Gasteiger partial charge on any atom is -0.496 e. The fourth-order valence-corrected chi connectivity index (χ4v) is 2.89. The number of nitrogens with zero attached hydrogens (tertiary/aromatic N) is 1. The lowest BCUT2D eigenvalue weighted by molar-refractivity contribution is -0.121. The van der Waals surface area contributed by atoms with Gasteiger partial charge in [0.15, 0.2) is 0 Å². The Kier molecular flexibility index (Phi) is 5.16. The van der Waals surface area contributed by atoms with E-state index in [0.29, 0.717) is 19.5 Å². The number of carbonyl (C=O) groups excluding carboxylic acids is 1. The summed E-state index contributed by atoms with van der Waals surface area (Å²) in [7, 11) is 1.67. The number of hydrogen-bond donors (Lipinski definition) is 1. The second-order valence-corrected chi connectivity index (χ2v) is 5.73. The van der Waals surface area contributed by atoms with Crippen molar-refractivity contribution in [2.24, 2.45) is 0 Å². The smallest absolute Gasteiger partial charge is 0.221 e. The van der Waals surface area contributed by atoms with Crippen LogP contribution in [0.4, 0.5) is 0 Å². The molecule has 1 aromatic heterocycles. The van der Waals surface area contributed by atoms with Crippen LogP contribution in [0.2, 0.25) is 0 Å². The molecule has 4 nitrogen and oxygen atoms in total. The average Bonchev–Trinajstić information content (AvgIpc) is 3.03. The highest BCUT2D eigenvalue weighted by molar-refractivity contribution is 5.80. The summed E-state index contributed by atoms with van der Waals surface area (Å²) in [5.41, 5.74) is 2.27.